The van der Waals surface area contributed by atoms with Crippen LogP contribution in [0.3, 0.4) is 0 Å². The minimum Gasteiger partial charge on any atom is -0.458 e. The van der Waals surface area contributed by atoms with Crippen molar-refractivity contribution in [2.24, 2.45) is 0 Å². The number of furan rings is 1. The van der Waals surface area contributed by atoms with Gasteiger partial charge in [-0.25, -0.2) is 4.39 Å². The summed E-state index contributed by atoms with van der Waals surface area (Å²) in [5.74, 6) is 0.156. The maximum atomic E-state index is 13.2. The molecular formula is C16H20FNO3. The van der Waals surface area contributed by atoms with Crippen LogP contribution < -0.4 is 0 Å². The zero-order chi connectivity index (χ0) is 15.0. The number of aliphatic hydroxyl groups excluding tert-OH is 1. The molecule has 1 N–H and O–H groups in total. The molecule has 2 aromatic rings. The highest BCUT2D eigenvalue weighted by Gasteiger charge is 2.37. The van der Waals surface area contributed by atoms with Crippen molar-refractivity contribution in [3.63, 3.8) is 0 Å². The number of aliphatic hydroxyl groups is 1. The Balaban J connectivity index is 1.89. The van der Waals surface area contributed by atoms with Gasteiger partial charge in [-0.2, -0.15) is 0 Å². The van der Waals surface area contributed by atoms with Gasteiger partial charge < -0.3 is 14.3 Å². The molecule has 1 fully saturated rings. The molecule has 21 heavy (non-hydrogen) atoms. The molecule has 1 aliphatic rings. The number of ether oxygens (including phenoxy) is 1. The van der Waals surface area contributed by atoms with Crippen LogP contribution in [0, 0.1) is 5.82 Å². The molecule has 0 spiro atoms. The SMILES string of the molecule is CC(C)(C(O)c1cc2cc(F)ccc2o1)N1CCOCC1. The smallest absolute Gasteiger partial charge is 0.135 e. The van der Waals surface area contributed by atoms with Crippen LogP contribution in [0.5, 0.6) is 0 Å². The van der Waals surface area contributed by atoms with Gasteiger partial charge in [-0.1, -0.05) is 0 Å². The van der Waals surface area contributed by atoms with Crippen molar-refractivity contribution in [2.75, 3.05) is 26.3 Å². The lowest BCUT2D eigenvalue weighted by Gasteiger charge is -2.43. The summed E-state index contributed by atoms with van der Waals surface area (Å²) in [5, 5.41) is 11.4. The highest BCUT2D eigenvalue weighted by atomic mass is 19.1. The second-order valence-electron chi connectivity index (χ2n) is 5.99. The predicted octanol–water partition coefficient (Wildman–Crippen LogP) is 2.72. The van der Waals surface area contributed by atoms with Gasteiger partial charge in [0, 0.05) is 24.0 Å². The van der Waals surface area contributed by atoms with E-state index in [1.165, 1.54) is 12.1 Å². The highest BCUT2D eigenvalue weighted by molar-refractivity contribution is 5.78. The second-order valence-corrected chi connectivity index (χ2v) is 5.99. The first kappa shape index (κ1) is 14.5. The minimum atomic E-state index is -0.786. The van der Waals surface area contributed by atoms with E-state index < -0.39 is 11.6 Å². The molecule has 0 aliphatic carbocycles. The lowest BCUT2D eigenvalue weighted by atomic mass is 9.92. The summed E-state index contributed by atoms with van der Waals surface area (Å²) in [6.45, 7) is 6.86. The third-order valence-electron chi connectivity index (χ3n) is 4.26. The van der Waals surface area contributed by atoms with Crippen molar-refractivity contribution in [3.05, 3.63) is 35.8 Å². The van der Waals surface area contributed by atoms with Gasteiger partial charge in [0.25, 0.3) is 0 Å². The summed E-state index contributed by atoms with van der Waals surface area (Å²) in [6.07, 6.45) is -0.786. The van der Waals surface area contributed by atoms with Gasteiger partial charge in [0.1, 0.15) is 23.3 Å². The van der Waals surface area contributed by atoms with Crippen LogP contribution in [0.2, 0.25) is 0 Å². The molecule has 0 amide bonds. The molecule has 1 atom stereocenters. The monoisotopic (exact) mass is 293 g/mol. The average Bonchev–Trinajstić information content (AvgIpc) is 2.90. The number of rotatable bonds is 3. The van der Waals surface area contributed by atoms with E-state index in [-0.39, 0.29) is 5.82 Å². The van der Waals surface area contributed by atoms with E-state index in [0.717, 1.165) is 13.1 Å². The Bertz CT molecular complexity index is 631. The number of benzene rings is 1. The third-order valence-corrected chi connectivity index (χ3v) is 4.26. The Labute approximate surface area is 123 Å². The molecule has 0 radical (unpaired) electrons. The Morgan fingerprint density at radius 1 is 1.24 bits per heavy atom. The van der Waals surface area contributed by atoms with E-state index in [9.17, 15) is 9.50 Å². The summed E-state index contributed by atoms with van der Waals surface area (Å²) < 4.78 is 24.3. The zero-order valence-corrected chi connectivity index (χ0v) is 12.3. The number of fused-ring (bicyclic) bond motifs is 1. The first-order valence-corrected chi connectivity index (χ1v) is 7.18. The van der Waals surface area contributed by atoms with Crippen molar-refractivity contribution in [3.8, 4) is 0 Å². The van der Waals surface area contributed by atoms with Gasteiger partial charge in [-0.15, -0.1) is 0 Å². The summed E-state index contributed by atoms with van der Waals surface area (Å²) in [7, 11) is 0. The highest BCUT2D eigenvalue weighted by Crippen LogP contribution is 2.34. The largest absolute Gasteiger partial charge is 0.458 e. The summed E-state index contributed by atoms with van der Waals surface area (Å²) in [4.78, 5) is 2.19. The van der Waals surface area contributed by atoms with E-state index in [4.69, 9.17) is 9.15 Å². The predicted molar refractivity (Wildman–Crippen MR) is 77.6 cm³/mol. The summed E-state index contributed by atoms with van der Waals surface area (Å²) in [6, 6.07) is 6.07. The van der Waals surface area contributed by atoms with Crippen LogP contribution in [0.15, 0.2) is 28.7 Å². The topological polar surface area (TPSA) is 45.8 Å². The van der Waals surface area contributed by atoms with E-state index in [0.29, 0.717) is 29.9 Å². The molecule has 2 heterocycles. The molecule has 1 aromatic carbocycles. The van der Waals surface area contributed by atoms with Gasteiger partial charge in [-0.05, 0) is 38.1 Å². The molecule has 1 aliphatic heterocycles. The van der Waals surface area contributed by atoms with Crippen molar-refractivity contribution < 1.29 is 18.7 Å². The van der Waals surface area contributed by atoms with Gasteiger partial charge in [0.15, 0.2) is 0 Å². The summed E-state index contributed by atoms with van der Waals surface area (Å²) in [5.41, 5.74) is 0.110. The van der Waals surface area contributed by atoms with Gasteiger partial charge in [-0.3, -0.25) is 4.90 Å². The minimum absolute atomic E-state index is 0.309. The van der Waals surface area contributed by atoms with E-state index in [2.05, 4.69) is 4.90 Å². The lowest BCUT2D eigenvalue weighted by Crippen LogP contribution is -2.53. The maximum Gasteiger partial charge on any atom is 0.135 e. The number of morpholine rings is 1. The lowest BCUT2D eigenvalue weighted by molar-refractivity contribution is -0.0686. The fourth-order valence-electron chi connectivity index (χ4n) is 2.83. The molecule has 0 saturated carbocycles. The van der Waals surface area contributed by atoms with Crippen LogP contribution in [-0.2, 0) is 4.74 Å². The third kappa shape index (κ3) is 2.69. The normalized spacial score (nSPS) is 19.0. The number of nitrogens with zero attached hydrogens (tertiary/aromatic N) is 1. The molecule has 0 bridgehead atoms. The van der Waals surface area contributed by atoms with Crippen LogP contribution in [0.4, 0.5) is 4.39 Å². The molecule has 114 valence electrons. The quantitative estimate of drug-likeness (QED) is 0.945. The van der Waals surface area contributed by atoms with Crippen molar-refractivity contribution in [2.45, 2.75) is 25.5 Å². The summed E-state index contributed by atoms with van der Waals surface area (Å²) >= 11 is 0. The first-order chi connectivity index (χ1) is 9.98. The first-order valence-electron chi connectivity index (χ1n) is 7.18. The standard InChI is InChI=1S/C16H20FNO3/c1-16(2,18-5-7-20-8-6-18)15(19)14-10-11-9-12(17)3-4-13(11)21-14/h3-4,9-10,15,19H,5-8H2,1-2H3. The molecule has 1 aromatic heterocycles. The van der Waals surface area contributed by atoms with Gasteiger partial charge >= 0.3 is 0 Å². The second kappa shape index (κ2) is 5.40. The van der Waals surface area contributed by atoms with Crippen LogP contribution in [-0.4, -0.2) is 41.8 Å². The van der Waals surface area contributed by atoms with Crippen molar-refractivity contribution in [1.82, 2.24) is 4.90 Å². The van der Waals surface area contributed by atoms with Gasteiger partial charge in [0.2, 0.25) is 0 Å². The van der Waals surface area contributed by atoms with E-state index in [1.807, 2.05) is 13.8 Å². The number of hydrogen-bond donors (Lipinski definition) is 1. The Morgan fingerprint density at radius 2 is 1.95 bits per heavy atom. The average molecular weight is 293 g/mol. The van der Waals surface area contributed by atoms with Crippen LogP contribution in [0.25, 0.3) is 11.0 Å². The molecule has 3 rings (SSSR count). The maximum absolute atomic E-state index is 13.2. The zero-order valence-electron chi connectivity index (χ0n) is 12.3. The Hall–Kier alpha value is -1.43. The fourth-order valence-corrected chi connectivity index (χ4v) is 2.83. The Kier molecular flexibility index (Phi) is 3.73. The van der Waals surface area contributed by atoms with E-state index >= 15 is 0 Å². The molecule has 1 unspecified atom stereocenters. The van der Waals surface area contributed by atoms with Crippen molar-refractivity contribution >= 4 is 11.0 Å². The molecular weight excluding hydrogens is 273 g/mol. The van der Waals surface area contributed by atoms with Crippen molar-refractivity contribution in [1.29, 1.82) is 0 Å². The van der Waals surface area contributed by atoms with Gasteiger partial charge in [0.05, 0.1) is 13.2 Å². The number of hydrogen-bond acceptors (Lipinski definition) is 4. The Morgan fingerprint density at radius 3 is 2.67 bits per heavy atom. The fraction of sp³-hybridized carbons (Fsp3) is 0.500. The van der Waals surface area contributed by atoms with E-state index in [1.54, 1.807) is 12.1 Å². The number of halogens is 1. The molecule has 5 heteroatoms. The van der Waals surface area contributed by atoms with Crippen LogP contribution >= 0.6 is 0 Å². The molecule has 1 saturated heterocycles. The van der Waals surface area contributed by atoms with Crippen LogP contribution in [0.1, 0.15) is 25.7 Å². The molecule has 4 nitrogen and oxygen atoms in total.